The number of carbonyl (C=O) groups is 1. The summed E-state index contributed by atoms with van der Waals surface area (Å²) in [5.41, 5.74) is 6.39. The Labute approximate surface area is 129 Å². The second kappa shape index (κ2) is 9.52. The van der Waals surface area contributed by atoms with Crippen molar-refractivity contribution in [2.45, 2.75) is 45.4 Å². The molecular formula is C14H21ClF2N2O2. The molecule has 0 spiro atoms. The molecule has 0 aliphatic rings. The van der Waals surface area contributed by atoms with Gasteiger partial charge in [-0.15, -0.1) is 12.4 Å². The number of nitrogens with one attached hydrogen (secondary N) is 1. The lowest BCUT2D eigenvalue weighted by Gasteiger charge is -2.18. The number of alkyl halides is 2. The van der Waals surface area contributed by atoms with E-state index < -0.39 is 12.7 Å². The van der Waals surface area contributed by atoms with Crippen LogP contribution in [-0.4, -0.2) is 18.6 Å². The van der Waals surface area contributed by atoms with Crippen LogP contribution in [0.5, 0.6) is 5.75 Å². The molecule has 3 N–H and O–H groups in total. The summed E-state index contributed by atoms with van der Waals surface area (Å²) in [5.74, 6) is -0.184. The van der Waals surface area contributed by atoms with Gasteiger partial charge in [-0.05, 0) is 31.0 Å². The zero-order chi connectivity index (χ0) is 15.1. The number of halogens is 3. The first-order chi connectivity index (χ1) is 9.43. The van der Waals surface area contributed by atoms with Crippen LogP contribution in [0.1, 0.15) is 38.3 Å². The summed E-state index contributed by atoms with van der Waals surface area (Å²) in [4.78, 5) is 11.8. The number of carbonyl (C=O) groups excluding carboxylic acids is 1. The molecule has 0 bridgehead atoms. The van der Waals surface area contributed by atoms with Crippen LogP contribution in [0.3, 0.4) is 0 Å². The van der Waals surface area contributed by atoms with Gasteiger partial charge in [0.25, 0.3) is 0 Å². The lowest BCUT2D eigenvalue weighted by molar-refractivity contribution is -0.123. The Morgan fingerprint density at radius 1 is 1.43 bits per heavy atom. The van der Waals surface area contributed by atoms with Gasteiger partial charge in [-0.1, -0.05) is 25.5 Å². The summed E-state index contributed by atoms with van der Waals surface area (Å²) in [6.45, 7) is 0.841. The van der Waals surface area contributed by atoms with Crippen LogP contribution in [0.25, 0.3) is 0 Å². The quantitative estimate of drug-likeness (QED) is 0.811. The fraction of sp³-hybridized carbons (Fsp3) is 0.500. The number of benzene rings is 1. The van der Waals surface area contributed by atoms with Gasteiger partial charge in [0.15, 0.2) is 0 Å². The van der Waals surface area contributed by atoms with Crippen molar-refractivity contribution in [3.05, 3.63) is 29.8 Å². The lowest BCUT2D eigenvalue weighted by atomic mass is 10.1. The van der Waals surface area contributed by atoms with E-state index >= 15 is 0 Å². The molecule has 21 heavy (non-hydrogen) atoms. The van der Waals surface area contributed by atoms with Crippen LogP contribution in [0, 0.1) is 0 Å². The molecule has 1 aromatic carbocycles. The summed E-state index contributed by atoms with van der Waals surface area (Å²) >= 11 is 0. The molecule has 1 amide bonds. The first kappa shape index (κ1) is 19.6. The predicted octanol–water partition coefficient (Wildman–Crippen LogP) is 3.01. The molecule has 0 fully saturated rings. The maximum atomic E-state index is 12.1. The van der Waals surface area contributed by atoms with Crippen LogP contribution in [0.15, 0.2) is 24.3 Å². The molecule has 0 heterocycles. The Balaban J connectivity index is 0.00000400. The van der Waals surface area contributed by atoms with Crippen LogP contribution < -0.4 is 15.8 Å². The average molecular weight is 323 g/mol. The topological polar surface area (TPSA) is 64.4 Å². The molecule has 0 aliphatic carbocycles. The van der Waals surface area contributed by atoms with Crippen molar-refractivity contribution < 1.29 is 18.3 Å². The Morgan fingerprint density at radius 2 is 2.10 bits per heavy atom. The zero-order valence-corrected chi connectivity index (χ0v) is 12.8. The second-order valence-corrected chi connectivity index (χ2v) is 4.58. The van der Waals surface area contributed by atoms with Crippen LogP contribution >= 0.6 is 12.4 Å². The van der Waals surface area contributed by atoms with Gasteiger partial charge in [-0.2, -0.15) is 8.78 Å². The Kier molecular flexibility index (Phi) is 8.89. The monoisotopic (exact) mass is 322 g/mol. The second-order valence-electron chi connectivity index (χ2n) is 4.58. The van der Waals surface area contributed by atoms with Gasteiger partial charge >= 0.3 is 6.61 Å². The molecule has 7 heteroatoms. The molecule has 0 saturated heterocycles. The Bertz CT molecular complexity index is 447. The van der Waals surface area contributed by atoms with Crippen molar-refractivity contribution in [3.63, 3.8) is 0 Å². The molecule has 1 aromatic rings. The minimum Gasteiger partial charge on any atom is -0.435 e. The Hall–Kier alpha value is -1.40. The van der Waals surface area contributed by atoms with Crippen LogP contribution in [0.2, 0.25) is 0 Å². The van der Waals surface area contributed by atoms with Gasteiger partial charge in [-0.3, -0.25) is 4.79 Å². The van der Waals surface area contributed by atoms with Crippen LogP contribution in [-0.2, 0) is 4.79 Å². The summed E-state index contributed by atoms with van der Waals surface area (Å²) in [6.07, 6.45) is 1.42. The molecular weight excluding hydrogens is 302 g/mol. The standard InChI is InChI=1S/C14H20F2N2O2.ClH/c1-3-5-12(17)13(19)18-9(2)10-6-4-7-11(8-10)20-14(15)16;/h4,6-9,12,14H,3,5,17H2,1-2H3,(H,18,19);1H. The van der Waals surface area contributed by atoms with E-state index in [-0.39, 0.29) is 30.1 Å². The van der Waals surface area contributed by atoms with Crippen molar-refractivity contribution in [3.8, 4) is 5.75 Å². The van der Waals surface area contributed by atoms with Gasteiger partial charge in [0.2, 0.25) is 5.91 Å². The van der Waals surface area contributed by atoms with Crippen molar-refractivity contribution in [2.24, 2.45) is 5.73 Å². The number of ether oxygens (including phenoxy) is 1. The van der Waals surface area contributed by atoms with E-state index in [2.05, 4.69) is 10.1 Å². The molecule has 4 nitrogen and oxygen atoms in total. The number of amides is 1. The van der Waals surface area contributed by atoms with E-state index in [1.807, 2.05) is 6.92 Å². The maximum absolute atomic E-state index is 12.1. The molecule has 2 atom stereocenters. The number of nitrogens with two attached hydrogens (primary N) is 1. The number of hydrogen-bond donors (Lipinski definition) is 2. The third kappa shape index (κ3) is 6.73. The van der Waals surface area contributed by atoms with Gasteiger partial charge in [0.05, 0.1) is 12.1 Å². The highest BCUT2D eigenvalue weighted by atomic mass is 35.5. The molecule has 0 aromatic heterocycles. The summed E-state index contributed by atoms with van der Waals surface area (Å²) < 4.78 is 28.6. The SMILES string of the molecule is CCCC(N)C(=O)NC(C)c1cccc(OC(F)F)c1.Cl. The maximum Gasteiger partial charge on any atom is 0.387 e. The van der Waals surface area contributed by atoms with Crippen molar-refractivity contribution >= 4 is 18.3 Å². The fourth-order valence-electron chi connectivity index (χ4n) is 1.81. The van der Waals surface area contributed by atoms with E-state index in [1.54, 1.807) is 19.1 Å². The molecule has 0 saturated carbocycles. The Morgan fingerprint density at radius 3 is 2.67 bits per heavy atom. The normalized spacial score (nSPS) is 13.2. The number of hydrogen-bond acceptors (Lipinski definition) is 3. The largest absolute Gasteiger partial charge is 0.435 e. The molecule has 0 radical (unpaired) electrons. The smallest absolute Gasteiger partial charge is 0.387 e. The van der Waals surface area contributed by atoms with E-state index in [0.717, 1.165) is 6.42 Å². The van der Waals surface area contributed by atoms with Gasteiger partial charge in [0, 0.05) is 0 Å². The van der Waals surface area contributed by atoms with Crippen molar-refractivity contribution in [1.29, 1.82) is 0 Å². The minimum absolute atomic E-state index is 0. The summed E-state index contributed by atoms with van der Waals surface area (Å²) in [5, 5.41) is 2.75. The van der Waals surface area contributed by atoms with Gasteiger partial charge < -0.3 is 15.8 Å². The highest BCUT2D eigenvalue weighted by Gasteiger charge is 2.16. The summed E-state index contributed by atoms with van der Waals surface area (Å²) in [7, 11) is 0. The third-order valence-corrected chi connectivity index (χ3v) is 2.88. The highest BCUT2D eigenvalue weighted by Crippen LogP contribution is 2.20. The van der Waals surface area contributed by atoms with Gasteiger partial charge in [0.1, 0.15) is 5.75 Å². The van der Waals surface area contributed by atoms with E-state index in [0.29, 0.717) is 12.0 Å². The average Bonchev–Trinajstić information content (AvgIpc) is 2.38. The summed E-state index contributed by atoms with van der Waals surface area (Å²) in [6, 6.07) is 5.36. The van der Waals surface area contributed by atoms with Gasteiger partial charge in [-0.25, -0.2) is 0 Å². The highest BCUT2D eigenvalue weighted by molar-refractivity contribution is 5.85. The third-order valence-electron chi connectivity index (χ3n) is 2.88. The lowest BCUT2D eigenvalue weighted by Crippen LogP contribution is -2.41. The van der Waals surface area contributed by atoms with E-state index in [4.69, 9.17) is 5.73 Å². The van der Waals surface area contributed by atoms with Crippen molar-refractivity contribution in [2.75, 3.05) is 0 Å². The van der Waals surface area contributed by atoms with Crippen LogP contribution in [0.4, 0.5) is 8.78 Å². The first-order valence-corrected chi connectivity index (χ1v) is 6.54. The molecule has 1 rings (SSSR count). The molecule has 120 valence electrons. The number of rotatable bonds is 7. The fourth-order valence-corrected chi connectivity index (χ4v) is 1.81. The molecule has 0 aliphatic heterocycles. The zero-order valence-electron chi connectivity index (χ0n) is 12.0. The van der Waals surface area contributed by atoms with E-state index in [9.17, 15) is 13.6 Å². The predicted molar refractivity (Wildman–Crippen MR) is 79.8 cm³/mol. The van der Waals surface area contributed by atoms with E-state index in [1.165, 1.54) is 12.1 Å². The van der Waals surface area contributed by atoms with Crippen molar-refractivity contribution in [1.82, 2.24) is 5.32 Å². The first-order valence-electron chi connectivity index (χ1n) is 6.54. The molecule has 2 unspecified atom stereocenters. The minimum atomic E-state index is -2.87.